The summed E-state index contributed by atoms with van der Waals surface area (Å²) in [5, 5.41) is 10.3. The van der Waals surface area contributed by atoms with E-state index >= 15 is 0 Å². The molecule has 1 atom stereocenters. The Kier molecular flexibility index (Phi) is 6.76. The lowest BCUT2D eigenvalue weighted by atomic mass is 9.99. The van der Waals surface area contributed by atoms with E-state index < -0.39 is 0 Å². The lowest BCUT2D eigenvalue weighted by Gasteiger charge is -2.32. The molecule has 2 heterocycles. The lowest BCUT2D eigenvalue weighted by molar-refractivity contribution is 0.137. The molecule has 8 heteroatoms. The fourth-order valence-electron chi connectivity index (χ4n) is 2.99. The lowest BCUT2D eigenvalue weighted by Crippen LogP contribution is -2.47. The number of aromatic amines is 1. The molecule has 0 radical (unpaired) electrons. The van der Waals surface area contributed by atoms with Crippen molar-refractivity contribution in [1.29, 1.82) is 0 Å². The zero-order chi connectivity index (χ0) is 18.2. The first-order valence-electron chi connectivity index (χ1n) is 8.92. The zero-order valence-electron chi connectivity index (χ0n) is 15.0. The molecule has 1 saturated heterocycles. The molecule has 26 heavy (non-hydrogen) atoms. The van der Waals surface area contributed by atoms with Gasteiger partial charge in [0.1, 0.15) is 12.1 Å². The summed E-state index contributed by atoms with van der Waals surface area (Å²) in [6, 6.07) is 8.04. The van der Waals surface area contributed by atoms with E-state index in [2.05, 4.69) is 20.5 Å². The number of ether oxygens (including phenoxy) is 1. The van der Waals surface area contributed by atoms with Gasteiger partial charge in [-0.3, -0.25) is 5.10 Å². The molecule has 0 unspecified atom stereocenters. The van der Waals surface area contributed by atoms with Gasteiger partial charge in [0.05, 0.1) is 6.61 Å². The zero-order valence-corrected chi connectivity index (χ0v) is 15.8. The number of para-hydroxylation sites is 1. The largest absolute Gasteiger partial charge is 0.493 e. The van der Waals surface area contributed by atoms with Crippen LogP contribution in [-0.2, 0) is 0 Å². The minimum absolute atomic E-state index is 0.00348. The topological polar surface area (TPSA) is 83.1 Å². The molecular weight excluding hydrogens is 350 g/mol. The van der Waals surface area contributed by atoms with Gasteiger partial charge in [-0.15, -0.1) is 0 Å². The number of nitrogens with one attached hydrogen (secondary N) is 2. The fourth-order valence-corrected chi connectivity index (χ4v) is 3.63. The number of H-pyrrole nitrogens is 1. The molecule has 1 aliphatic rings. The molecule has 1 aromatic heterocycles. The van der Waals surface area contributed by atoms with E-state index in [9.17, 15) is 4.79 Å². The highest BCUT2D eigenvalue weighted by Crippen LogP contribution is 2.21. The molecule has 7 nitrogen and oxygen atoms in total. The second-order valence-corrected chi connectivity index (χ2v) is 7.49. The number of amides is 2. The Morgan fingerprint density at radius 1 is 1.46 bits per heavy atom. The fraction of sp³-hybridized carbons (Fsp3) is 0.500. The number of aromatic nitrogens is 3. The van der Waals surface area contributed by atoms with Gasteiger partial charge in [-0.1, -0.05) is 30.0 Å². The van der Waals surface area contributed by atoms with Gasteiger partial charge in [-0.25, -0.2) is 9.78 Å². The van der Waals surface area contributed by atoms with Gasteiger partial charge < -0.3 is 15.0 Å². The van der Waals surface area contributed by atoms with Crippen LogP contribution in [-0.4, -0.2) is 58.1 Å². The molecule has 0 aliphatic carbocycles. The third-order valence-electron chi connectivity index (χ3n) is 4.38. The van der Waals surface area contributed by atoms with Crippen molar-refractivity contribution < 1.29 is 9.53 Å². The van der Waals surface area contributed by atoms with E-state index in [0.29, 0.717) is 19.1 Å². The van der Waals surface area contributed by atoms with Gasteiger partial charge in [-0.2, -0.15) is 5.10 Å². The minimum atomic E-state index is 0.00348. The maximum absolute atomic E-state index is 12.4. The molecule has 1 aliphatic heterocycles. The first-order valence-corrected chi connectivity index (χ1v) is 9.90. The van der Waals surface area contributed by atoms with E-state index in [1.165, 1.54) is 6.33 Å². The van der Waals surface area contributed by atoms with E-state index in [-0.39, 0.29) is 6.03 Å². The summed E-state index contributed by atoms with van der Waals surface area (Å²) >= 11 is 1.54. The summed E-state index contributed by atoms with van der Waals surface area (Å²) in [4.78, 5) is 18.3. The van der Waals surface area contributed by atoms with Crippen molar-refractivity contribution in [3.8, 4) is 5.75 Å². The highest BCUT2D eigenvalue weighted by Gasteiger charge is 2.24. The summed E-state index contributed by atoms with van der Waals surface area (Å²) < 4.78 is 5.97. The summed E-state index contributed by atoms with van der Waals surface area (Å²) in [5.41, 5.74) is 1.14. The molecule has 0 spiro atoms. The van der Waals surface area contributed by atoms with Crippen LogP contribution in [0.3, 0.4) is 0 Å². The van der Waals surface area contributed by atoms with Gasteiger partial charge in [0.25, 0.3) is 0 Å². The van der Waals surface area contributed by atoms with E-state index in [1.54, 1.807) is 11.8 Å². The normalized spacial score (nSPS) is 17.1. The number of likely N-dealkylation sites (tertiary alicyclic amines) is 1. The first kappa shape index (κ1) is 18.6. The smallest absolute Gasteiger partial charge is 0.317 e. The molecular formula is C18H25N5O2S. The molecule has 2 amide bonds. The van der Waals surface area contributed by atoms with Crippen molar-refractivity contribution in [2.75, 3.05) is 32.0 Å². The van der Waals surface area contributed by atoms with Crippen LogP contribution in [0, 0.1) is 12.8 Å². The number of hydrogen-bond donors (Lipinski definition) is 2. The average Bonchev–Trinajstić information content (AvgIpc) is 3.18. The molecule has 2 N–H and O–H groups in total. The van der Waals surface area contributed by atoms with Crippen molar-refractivity contribution in [2.45, 2.75) is 24.9 Å². The highest BCUT2D eigenvalue weighted by atomic mass is 32.2. The van der Waals surface area contributed by atoms with E-state index in [1.807, 2.05) is 36.1 Å². The van der Waals surface area contributed by atoms with E-state index in [4.69, 9.17) is 4.74 Å². The van der Waals surface area contributed by atoms with Gasteiger partial charge >= 0.3 is 6.03 Å². The Morgan fingerprint density at radius 3 is 3.15 bits per heavy atom. The molecule has 2 aromatic rings. The maximum atomic E-state index is 12.4. The van der Waals surface area contributed by atoms with Crippen molar-refractivity contribution in [3.05, 3.63) is 36.2 Å². The van der Waals surface area contributed by atoms with Crippen molar-refractivity contribution in [1.82, 2.24) is 25.4 Å². The quantitative estimate of drug-likeness (QED) is 0.574. The minimum Gasteiger partial charge on any atom is -0.493 e. The SMILES string of the molecule is Cc1ccccc1OC[C@@H]1CCCN(C(=O)NCCSc2ncn[nH]2)C1. The molecule has 3 rings (SSSR count). The Bertz CT molecular complexity index is 695. The summed E-state index contributed by atoms with van der Waals surface area (Å²) in [6.45, 7) is 4.85. The Hall–Kier alpha value is -2.22. The summed E-state index contributed by atoms with van der Waals surface area (Å²) in [7, 11) is 0. The number of thioether (sulfide) groups is 1. The second kappa shape index (κ2) is 9.47. The van der Waals surface area contributed by atoms with Gasteiger partial charge in [0, 0.05) is 31.3 Å². The van der Waals surface area contributed by atoms with Crippen LogP contribution in [0.15, 0.2) is 35.7 Å². The maximum Gasteiger partial charge on any atom is 0.317 e. The van der Waals surface area contributed by atoms with Crippen LogP contribution in [0.1, 0.15) is 18.4 Å². The van der Waals surface area contributed by atoms with E-state index in [0.717, 1.165) is 48.2 Å². The number of urea groups is 1. The van der Waals surface area contributed by atoms with Crippen molar-refractivity contribution in [2.24, 2.45) is 5.92 Å². The number of hydrogen-bond acceptors (Lipinski definition) is 5. The van der Waals surface area contributed by atoms with Crippen LogP contribution in [0.2, 0.25) is 0 Å². The number of piperidine rings is 1. The van der Waals surface area contributed by atoms with Crippen LogP contribution in [0.4, 0.5) is 4.79 Å². The first-order chi connectivity index (χ1) is 12.7. The van der Waals surface area contributed by atoms with Crippen LogP contribution in [0.5, 0.6) is 5.75 Å². The third-order valence-corrected chi connectivity index (χ3v) is 5.26. The van der Waals surface area contributed by atoms with Crippen LogP contribution >= 0.6 is 11.8 Å². The average molecular weight is 375 g/mol. The predicted molar refractivity (Wildman–Crippen MR) is 101 cm³/mol. The van der Waals surface area contributed by atoms with Crippen molar-refractivity contribution in [3.63, 3.8) is 0 Å². The number of carbonyl (C=O) groups excluding carboxylic acids is 1. The predicted octanol–water partition coefficient (Wildman–Crippen LogP) is 2.71. The monoisotopic (exact) mass is 375 g/mol. The standard InChI is InChI=1S/C18H25N5O2S/c1-14-5-2-3-7-16(14)25-12-15-6-4-9-23(11-15)18(24)19-8-10-26-17-20-13-21-22-17/h2-3,5,7,13,15H,4,6,8-12H2,1H3,(H,19,24)(H,20,21,22)/t15-/m1/s1. The highest BCUT2D eigenvalue weighted by molar-refractivity contribution is 7.99. The summed E-state index contributed by atoms with van der Waals surface area (Å²) in [5.74, 6) is 2.06. The van der Waals surface area contributed by atoms with Gasteiger partial charge in [-0.05, 0) is 31.4 Å². The van der Waals surface area contributed by atoms with Gasteiger partial charge in [0.15, 0.2) is 5.16 Å². The van der Waals surface area contributed by atoms with Gasteiger partial charge in [0.2, 0.25) is 0 Å². The number of carbonyl (C=O) groups is 1. The van der Waals surface area contributed by atoms with Crippen LogP contribution < -0.4 is 10.1 Å². The van der Waals surface area contributed by atoms with Crippen LogP contribution in [0.25, 0.3) is 0 Å². The molecule has 1 fully saturated rings. The number of benzene rings is 1. The molecule has 1 aromatic carbocycles. The number of aryl methyl sites for hydroxylation is 1. The second-order valence-electron chi connectivity index (χ2n) is 6.40. The molecule has 140 valence electrons. The Morgan fingerprint density at radius 2 is 2.35 bits per heavy atom. The Labute approximate surface area is 157 Å². The van der Waals surface area contributed by atoms with Crippen molar-refractivity contribution >= 4 is 17.8 Å². The number of nitrogens with zero attached hydrogens (tertiary/aromatic N) is 3. The third kappa shape index (κ3) is 5.39. The Balaban J connectivity index is 1.38. The molecule has 0 bridgehead atoms. The number of rotatable bonds is 7. The molecule has 0 saturated carbocycles. The summed E-state index contributed by atoms with van der Waals surface area (Å²) in [6.07, 6.45) is 3.59.